The smallest absolute Gasteiger partial charge is 0.115 e. The van der Waals surface area contributed by atoms with Gasteiger partial charge in [-0.1, -0.05) is 29.3 Å². The highest BCUT2D eigenvalue weighted by atomic mass is 35.5. The fraction of sp³-hybridized carbons (Fsp3) is 0.333. The summed E-state index contributed by atoms with van der Waals surface area (Å²) >= 11 is 12.1. The van der Waals surface area contributed by atoms with Gasteiger partial charge in [0.2, 0.25) is 0 Å². The molecule has 4 nitrogen and oxygen atoms in total. The Morgan fingerprint density at radius 3 is 2.81 bits per heavy atom. The van der Waals surface area contributed by atoms with Crippen LogP contribution in [0.25, 0.3) is 0 Å². The molecule has 2 aromatic rings. The Bertz CT molecular complexity index is 606. The molecule has 1 aliphatic rings. The lowest BCUT2D eigenvalue weighted by Gasteiger charge is -2.18. The molecule has 0 bridgehead atoms. The molecule has 1 aromatic carbocycles. The van der Waals surface area contributed by atoms with Crippen molar-refractivity contribution in [2.75, 3.05) is 18.0 Å². The van der Waals surface area contributed by atoms with E-state index in [0.717, 1.165) is 37.3 Å². The number of hydrogen-bond acceptors (Lipinski definition) is 4. The number of anilines is 1. The quantitative estimate of drug-likeness (QED) is 0.938. The van der Waals surface area contributed by atoms with Gasteiger partial charge in [-0.2, -0.15) is 0 Å². The molecule has 1 saturated heterocycles. The van der Waals surface area contributed by atoms with Crippen molar-refractivity contribution in [1.29, 1.82) is 0 Å². The lowest BCUT2D eigenvalue weighted by molar-refractivity contribution is 0.551. The third-order valence-corrected chi connectivity index (χ3v) is 4.28. The van der Waals surface area contributed by atoms with Gasteiger partial charge >= 0.3 is 0 Å². The van der Waals surface area contributed by atoms with Gasteiger partial charge in [-0.25, -0.2) is 9.97 Å². The van der Waals surface area contributed by atoms with E-state index in [2.05, 4.69) is 20.2 Å². The number of hydrogen-bond donors (Lipinski definition) is 1. The van der Waals surface area contributed by atoms with Gasteiger partial charge in [0.1, 0.15) is 6.33 Å². The summed E-state index contributed by atoms with van der Waals surface area (Å²) in [5.41, 5.74) is 2.15. The van der Waals surface area contributed by atoms with Gasteiger partial charge in [-0.15, -0.1) is 0 Å². The molecule has 0 spiro atoms. The first-order chi connectivity index (χ1) is 10.2. The van der Waals surface area contributed by atoms with Crippen LogP contribution in [-0.4, -0.2) is 29.1 Å². The van der Waals surface area contributed by atoms with Gasteiger partial charge < -0.3 is 10.2 Å². The van der Waals surface area contributed by atoms with Crippen molar-refractivity contribution in [1.82, 2.24) is 15.3 Å². The lowest BCUT2D eigenvalue weighted by atomic mass is 10.2. The van der Waals surface area contributed by atoms with Crippen LogP contribution in [0.5, 0.6) is 0 Å². The number of halogens is 2. The molecular weight excluding hydrogens is 307 g/mol. The third-order valence-electron chi connectivity index (χ3n) is 3.70. The fourth-order valence-corrected chi connectivity index (χ4v) is 3.01. The molecular formula is C15H16Cl2N4. The Labute approximate surface area is 134 Å². The molecule has 3 rings (SSSR count). The minimum absolute atomic E-state index is 0.442. The second kappa shape index (κ2) is 6.60. The summed E-state index contributed by atoms with van der Waals surface area (Å²) in [6, 6.07) is 6.06. The van der Waals surface area contributed by atoms with Gasteiger partial charge in [0.15, 0.2) is 0 Å². The summed E-state index contributed by atoms with van der Waals surface area (Å²) in [7, 11) is 0. The van der Waals surface area contributed by atoms with E-state index in [4.69, 9.17) is 23.2 Å². The molecule has 0 amide bonds. The van der Waals surface area contributed by atoms with E-state index in [-0.39, 0.29) is 0 Å². The highest BCUT2D eigenvalue weighted by Crippen LogP contribution is 2.22. The van der Waals surface area contributed by atoms with Gasteiger partial charge in [0, 0.05) is 35.7 Å². The van der Waals surface area contributed by atoms with Crippen molar-refractivity contribution in [3.63, 3.8) is 0 Å². The molecule has 110 valence electrons. The molecule has 0 saturated carbocycles. The zero-order valence-corrected chi connectivity index (χ0v) is 13.0. The Balaban J connectivity index is 1.55. The maximum atomic E-state index is 6.19. The number of aromatic nitrogens is 2. The fourth-order valence-electron chi connectivity index (χ4n) is 2.54. The summed E-state index contributed by atoms with van der Waals surface area (Å²) < 4.78 is 0. The second-order valence-corrected chi connectivity index (χ2v) is 5.99. The van der Waals surface area contributed by atoms with E-state index >= 15 is 0 Å². The highest BCUT2D eigenvalue weighted by molar-refractivity contribution is 6.35. The minimum atomic E-state index is 0.442. The predicted molar refractivity (Wildman–Crippen MR) is 86.0 cm³/mol. The Kier molecular flexibility index (Phi) is 4.58. The van der Waals surface area contributed by atoms with Crippen LogP contribution in [-0.2, 0) is 6.54 Å². The van der Waals surface area contributed by atoms with Crippen molar-refractivity contribution in [3.8, 4) is 0 Å². The summed E-state index contributed by atoms with van der Waals surface area (Å²) in [6.07, 6.45) is 6.36. The van der Waals surface area contributed by atoms with Crippen molar-refractivity contribution in [2.45, 2.75) is 19.0 Å². The van der Waals surface area contributed by atoms with Crippen molar-refractivity contribution in [3.05, 3.63) is 52.5 Å². The van der Waals surface area contributed by atoms with E-state index < -0.39 is 0 Å². The lowest BCUT2D eigenvalue weighted by Crippen LogP contribution is -2.32. The first-order valence-corrected chi connectivity index (χ1v) is 7.65. The van der Waals surface area contributed by atoms with Crippen LogP contribution < -0.4 is 10.2 Å². The van der Waals surface area contributed by atoms with Gasteiger partial charge in [0.05, 0.1) is 18.1 Å². The summed E-state index contributed by atoms with van der Waals surface area (Å²) in [4.78, 5) is 10.4. The molecule has 0 aliphatic carbocycles. The van der Waals surface area contributed by atoms with E-state index in [1.807, 2.05) is 24.5 Å². The molecule has 0 radical (unpaired) electrons. The number of nitrogens with one attached hydrogen (secondary N) is 1. The normalized spacial score (nSPS) is 18.2. The molecule has 6 heteroatoms. The topological polar surface area (TPSA) is 41.0 Å². The maximum absolute atomic E-state index is 6.19. The molecule has 2 heterocycles. The van der Waals surface area contributed by atoms with Crippen molar-refractivity contribution >= 4 is 28.9 Å². The average Bonchev–Trinajstić information content (AvgIpc) is 2.96. The predicted octanol–water partition coefficient (Wildman–Crippen LogP) is 3.15. The summed E-state index contributed by atoms with van der Waals surface area (Å²) in [5.74, 6) is 0. The molecule has 1 aliphatic heterocycles. The van der Waals surface area contributed by atoms with E-state index in [0.29, 0.717) is 16.1 Å². The Hall–Kier alpha value is -1.36. The van der Waals surface area contributed by atoms with Gasteiger partial charge in [-0.05, 0) is 24.1 Å². The van der Waals surface area contributed by atoms with Crippen molar-refractivity contribution in [2.24, 2.45) is 0 Å². The van der Waals surface area contributed by atoms with Crippen LogP contribution in [0, 0.1) is 0 Å². The van der Waals surface area contributed by atoms with Crippen LogP contribution >= 0.6 is 23.2 Å². The monoisotopic (exact) mass is 322 g/mol. The molecule has 1 N–H and O–H groups in total. The molecule has 1 aromatic heterocycles. The minimum Gasteiger partial charge on any atom is -0.367 e. The van der Waals surface area contributed by atoms with Crippen LogP contribution in [0.3, 0.4) is 0 Å². The molecule has 1 atom stereocenters. The molecule has 21 heavy (non-hydrogen) atoms. The second-order valence-electron chi connectivity index (χ2n) is 5.14. The van der Waals surface area contributed by atoms with Crippen LogP contribution in [0.15, 0.2) is 36.9 Å². The number of nitrogens with zero attached hydrogens (tertiary/aromatic N) is 3. The molecule has 1 fully saturated rings. The average molecular weight is 323 g/mol. The Morgan fingerprint density at radius 1 is 1.24 bits per heavy atom. The number of rotatable bonds is 4. The standard InChI is InChI=1S/C15H16Cl2N4/c16-12-2-1-11(15(17)5-12)6-20-13-3-4-21(9-13)14-7-18-10-19-8-14/h1-2,5,7-8,10,13,20H,3-4,6,9H2/t13-/m0/s1. The molecule has 0 unspecified atom stereocenters. The number of benzene rings is 1. The summed E-state index contributed by atoms with van der Waals surface area (Å²) in [6.45, 7) is 2.72. The van der Waals surface area contributed by atoms with E-state index in [1.54, 1.807) is 12.4 Å². The van der Waals surface area contributed by atoms with Crippen LogP contribution in [0.1, 0.15) is 12.0 Å². The zero-order chi connectivity index (χ0) is 14.7. The summed E-state index contributed by atoms with van der Waals surface area (Å²) in [5, 5.41) is 4.92. The van der Waals surface area contributed by atoms with Crippen LogP contribution in [0.2, 0.25) is 10.0 Å². The van der Waals surface area contributed by atoms with Crippen molar-refractivity contribution < 1.29 is 0 Å². The van der Waals surface area contributed by atoms with Gasteiger partial charge in [0.25, 0.3) is 0 Å². The largest absolute Gasteiger partial charge is 0.367 e. The zero-order valence-electron chi connectivity index (χ0n) is 11.5. The van der Waals surface area contributed by atoms with Gasteiger partial charge in [-0.3, -0.25) is 0 Å². The van der Waals surface area contributed by atoms with E-state index in [1.165, 1.54) is 0 Å². The third kappa shape index (κ3) is 3.64. The first kappa shape index (κ1) is 14.6. The van der Waals surface area contributed by atoms with E-state index in [9.17, 15) is 0 Å². The highest BCUT2D eigenvalue weighted by Gasteiger charge is 2.22. The van der Waals surface area contributed by atoms with Crippen LogP contribution in [0.4, 0.5) is 5.69 Å². The first-order valence-electron chi connectivity index (χ1n) is 6.89. The Morgan fingerprint density at radius 2 is 2.05 bits per heavy atom. The maximum Gasteiger partial charge on any atom is 0.115 e. The SMILES string of the molecule is Clc1ccc(CN[C@H]2CCN(c3cncnc3)C2)c(Cl)c1.